The second-order valence-corrected chi connectivity index (χ2v) is 5.66. The van der Waals surface area contributed by atoms with Crippen LogP contribution < -0.4 is 5.73 Å². The zero-order valence-electron chi connectivity index (χ0n) is 12.8. The van der Waals surface area contributed by atoms with E-state index in [0.717, 1.165) is 44.5 Å². The highest BCUT2D eigenvalue weighted by Crippen LogP contribution is 2.25. The van der Waals surface area contributed by atoms with Crippen LogP contribution in [0.4, 0.5) is 0 Å². The minimum absolute atomic E-state index is 0.350. The number of piperidine rings is 1. The molecule has 0 spiro atoms. The van der Waals surface area contributed by atoms with E-state index in [1.165, 1.54) is 5.56 Å². The summed E-state index contributed by atoms with van der Waals surface area (Å²) >= 11 is 0. The standard InChI is InChI=1S/C17H25N3O/c1-14(16-5-2-4-15(12-16)13-19)20-9-6-17(7-10-20)21-11-3-8-18/h2,4-5,12,14,17H,3,6-11,18H2,1H3. The first-order valence-corrected chi connectivity index (χ1v) is 7.80. The summed E-state index contributed by atoms with van der Waals surface area (Å²) in [6, 6.07) is 10.5. The highest BCUT2D eigenvalue weighted by Gasteiger charge is 2.23. The lowest BCUT2D eigenvalue weighted by molar-refractivity contribution is -0.000749. The fraction of sp³-hybridized carbons (Fsp3) is 0.588. The predicted molar refractivity (Wildman–Crippen MR) is 83.8 cm³/mol. The SMILES string of the molecule is CC(c1cccc(C#N)c1)N1CCC(OCCCN)CC1. The number of nitrogens with zero attached hydrogens (tertiary/aromatic N) is 2. The second kappa shape index (κ2) is 8.14. The van der Waals surface area contributed by atoms with Gasteiger partial charge in [-0.25, -0.2) is 0 Å². The summed E-state index contributed by atoms with van der Waals surface area (Å²) in [6.07, 6.45) is 3.47. The Morgan fingerprint density at radius 2 is 2.19 bits per heavy atom. The number of ether oxygens (including phenoxy) is 1. The van der Waals surface area contributed by atoms with Crippen LogP contribution in [-0.4, -0.2) is 37.2 Å². The molecule has 21 heavy (non-hydrogen) atoms. The topological polar surface area (TPSA) is 62.3 Å². The van der Waals surface area contributed by atoms with E-state index in [0.29, 0.717) is 18.7 Å². The van der Waals surface area contributed by atoms with Crippen molar-refractivity contribution < 1.29 is 4.74 Å². The quantitative estimate of drug-likeness (QED) is 0.816. The first-order chi connectivity index (χ1) is 10.2. The van der Waals surface area contributed by atoms with Gasteiger partial charge in [0, 0.05) is 25.7 Å². The Kier molecular flexibility index (Phi) is 6.19. The zero-order valence-corrected chi connectivity index (χ0v) is 12.8. The fourth-order valence-corrected chi connectivity index (χ4v) is 2.84. The lowest BCUT2D eigenvalue weighted by Crippen LogP contribution is -2.38. The third kappa shape index (κ3) is 4.53. The summed E-state index contributed by atoms with van der Waals surface area (Å²) < 4.78 is 5.84. The highest BCUT2D eigenvalue weighted by atomic mass is 16.5. The number of nitriles is 1. The Bertz CT molecular complexity index is 475. The van der Waals surface area contributed by atoms with Crippen LogP contribution in [-0.2, 0) is 4.74 Å². The molecule has 0 radical (unpaired) electrons. The predicted octanol–water partition coefficient (Wildman–Crippen LogP) is 2.45. The molecule has 0 aliphatic carbocycles. The molecule has 1 aliphatic heterocycles. The molecular weight excluding hydrogens is 262 g/mol. The van der Waals surface area contributed by atoms with E-state index in [9.17, 15) is 0 Å². The average molecular weight is 287 g/mol. The van der Waals surface area contributed by atoms with Crippen molar-refractivity contribution >= 4 is 0 Å². The van der Waals surface area contributed by atoms with Crippen LogP contribution in [0.3, 0.4) is 0 Å². The first-order valence-electron chi connectivity index (χ1n) is 7.80. The molecule has 4 nitrogen and oxygen atoms in total. The molecule has 1 aromatic rings. The van der Waals surface area contributed by atoms with Gasteiger partial charge in [-0.2, -0.15) is 5.26 Å². The summed E-state index contributed by atoms with van der Waals surface area (Å²) in [6.45, 7) is 5.79. The first kappa shape index (κ1) is 16.0. The van der Waals surface area contributed by atoms with E-state index < -0.39 is 0 Å². The van der Waals surface area contributed by atoms with Crippen molar-refractivity contribution in [2.75, 3.05) is 26.2 Å². The molecule has 0 saturated carbocycles. The number of hydrogen-bond donors (Lipinski definition) is 1. The van der Waals surface area contributed by atoms with Crippen LogP contribution in [0.1, 0.15) is 43.4 Å². The summed E-state index contributed by atoms with van der Waals surface area (Å²) in [4.78, 5) is 2.47. The molecular formula is C17H25N3O. The number of likely N-dealkylation sites (tertiary alicyclic amines) is 1. The van der Waals surface area contributed by atoms with Crippen molar-refractivity contribution in [2.24, 2.45) is 5.73 Å². The Hall–Kier alpha value is -1.41. The molecule has 114 valence electrons. The van der Waals surface area contributed by atoms with Gasteiger partial charge in [0.25, 0.3) is 0 Å². The molecule has 0 aromatic heterocycles. The van der Waals surface area contributed by atoms with Gasteiger partial charge in [0.15, 0.2) is 0 Å². The van der Waals surface area contributed by atoms with Gasteiger partial charge in [0.05, 0.1) is 17.7 Å². The molecule has 1 heterocycles. The van der Waals surface area contributed by atoms with Crippen molar-refractivity contribution in [1.82, 2.24) is 4.90 Å². The van der Waals surface area contributed by atoms with Crippen LogP contribution in [0.25, 0.3) is 0 Å². The van der Waals surface area contributed by atoms with Gasteiger partial charge >= 0.3 is 0 Å². The molecule has 0 bridgehead atoms. The number of hydrogen-bond acceptors (Lipinski definition) is 4. The molecule has 0 amide bonds. The molecule has 1 atom stereocenters. The van der Waals surface area contributed by atoms with Crippen LogP contribution >= 0.6 is 0 Å². The average Bonchev–Trinajstić information content (AvgIpc) is 2.55. The van der Waals surface area contributed by atoms with E-state index in [1.54, 1.807) is 0 Å². The third-order valence-electron chi connectivity index (χ3n) is 4.22. The Morgan fingerprint density at radius 3 is 2.86 bits per heavy atom. The maximum absolute atomic E-state index is 9.00. The summed E-state index contributed by atoms with van der Waals surface area (Å²) in [5, 5.41) is 9.00. The van der Waals surface area contributed by atoms with Gasteiger partial charge in [-0.3, -0.25) is 4.90 Å². The number of rotatable bonds is 6. The molecule has 1 aliphatic rings. The van der Waals surface area contributed by atoms with E-state index in [4.69, 9.17) is 15.7 Å². The van der Waals surface area contributed by atoms with Crippen molar-refractivity contribution in [2.45, 2.75) is 38.3 Å². The summed E-state index contributed by atoms with van der Waals surface area (Å²) in [5.41, 5.74) is 7.44. The monoisotopic (exact) mass is 287 g/mol. The van der Waals surface area contributed by atoms with Gasteiger partial charge in [0.2, 0.25) is 0 Å². The molecule has 1 fully saturated rings. The van der Waals surface area contributed by atoms with E-state index in [1.807, 2.05) is 18.2 Å². The van der Waals surface area contributed by atoms with Gasteiger partial charge in [0.1, 0.15) is 0 Å². The van der Waals surface area contributed by atoms with Gasteiger partial charge < -0.3 is 10.5 Å². The lowest BCUT2D eigenvalue weighted by Gasteiger charge is -2.36. The van der Waals surface area contributed by atoms with Gasteiger partial charge in [-0.15, -0.1) is 0 Å². The summed E-state index contributed by atoms with van der Waals surface area (Å²) in [7, 11) is 0. The van der Waals surface area contributed by atoms with E-state index >= 15 is 0 Å². The van der Waals surface area contributed by atoms with Crippen molar-refractivity contribution in [3.63, 3.8) is 0 Å². The van der Waals surface area contributed by atoms with Crippen molar-refractivity contribution in [3.8, 4) is 6.07 Å². The zero-order chi connectivity index (χ0) is 15.1. The highest BCUT2D eigenvalue weighted by molar-refractivity contribution is 5.34. The molecule has 2 N–H and O–H groups in total. The minimum Gasteiger partial charge on any atom is -0.378 e. The smallest absolute Gasteiger partial charge is 0.0991 e. The fourth-order valence-electron chi connectivity index (χ4n) is 2.84. The second-order valence-electron chi connectivity index (χ2n) is 5.66. The van der Waals surface area contributed by atoms with Crippen LogP contribution in [0.15, 0.2) is 24.3 Å². The lowest BCUT2D eigenvalue weighted by atomic mass is 10.0. The van der Waals surface area contributed by atoms with Gasteiger partial charge in [-0.1, -0.05) is 12.1 Å². The maximum atomic E-state index is 9.00. The van der Waals surface area contributed by atoms with E-state index in [2.05, 4.69) is 24.0 Å². The third-order valence-corrected chi connectivity index (χ3v) is 4.22. The minimum atomic E-state index is 0.350. The maximum Gasteiger partial charge on any atom is 0.0991 e. The Morgan fingerprint density at radius 1 is 1.43 bits per heavy atom. The number of nitrogens with two attached hydrogens (primary N) is 1. The van der Waals surface area contributed by atoms with Crippen LogP contribution in [0.5, 0.6) is 0 Å². The Labute approximate surface area is 127 Å². The summed E-state index contributed by atoms with van der Waals surface area (Å²) in [5.74, 6) is 0. The molecule has 1 saturated heterocycles. The largest absolute Gasteiger partial charge is 0.378 e. The van der Waals surface area contributed by atoms with Crippen LogP contribution in [0, 0.1) is 11.3 Å². The van der Waals surface area contributed by atoms with Crippen LogP contribution in [0.2, 0.25) is 0 Å². The number of benzene rings is 1. The molecule has 1 aromatic carbocycles. The van der Waals surface area contributed by atoms with Crippen molar-refractivity contribution in [3.05, 3.63) is 35.4 Å². The van der Waals surface area contributed by atoms with Gasteiger partial charge in [-0.05, 0) is 50.4 Å². The molecule has 1 unspecified atom stereocenters. The van der Waals surface area contributed by atoms with E-state index in [-0.39, 0.29) is 0 Å². The molecule has 4 heteroatoms. The van der Waals surface area contributed by atoms with Crippen molar-refractivity contribution in [1.29, 1.82) is 5.26 Å². The normalized spacial score (nSPS) is 18.3. The molecule has 2 rings (SSSR count). The Balaban J connectivity index is 1.85.